The Hall–Kier alpha value is -1.02. The second-order valence-electron chi connectivity index (χ2n) is 4.46. The summed E-state index contributed by atoms with van der Waals surface area (Å²) >= 11 is 5.61. The molecule has 0 aliphatic heterocycles. The van der Waals surface area contributed by atoms with E-state index in [1.54, 1.807) is 26.2 Å². The molecule has 0 aliphatic rings. The van der Waals surface area contributed by atoms with Crippen molar-refractivity contribution in [2.45, 2.75) is 27.7 Å². The number of carbonyl (C=O) groups excluding carboxylic acids is 1. The summed E-state index contributed by atoms with van der Waals surface area (Å²) in [6.07, 6.45) is 0. The number of methoxy groups -OCH3 is 1. The molecule has 0 radical (unpaired) electrons. The number of benzene rings is 1. The third-order valence-electron chi connectivity index (χ3n) is 2.11. The number of carbonyl (C=O) groups is 1. The zero-order chi connectivity index (χ0) is 12.8. The van der Waals surface area contributed by atoms with Gasteiger partial charge < -0.3 is 4.74 Å². The maximum Gasteiger partial charge on any atom is 0.135 e. The molecular weight excluding hydrogens is 224 g/mol. The minimum atomic E-state index is -0.139. The lowest BCUT2D eigenvalue weighted by molar-refractivity contribution is -0.124. The highest BCUT2D eigenvalue weighted by atomic mass is 35.5. The zero-order valence-electron chi connectivity index (χ0n) is 10.5. The van der Waals surface area contributed by atoms with E-state index in [0.717, 1.165) is 10.8 Å². The van der Waals surface area contributed by atoms with Crippen molar-refractivity contribution in [2.24, 2.45) is 5.41 Å². The van der Waals surface area contributed by atoms with E-state index >= 15 is 0 Å². The minimum Gasteiger partial charge on any atom is -0.497 e. The average Bonchev–Trinajstić information content (AvgIpc) is 2.18. The highest BCUT2D eigenvalue weighted by Crippen LogP contribution is 2.14. The van der Waals surface area contributed by atoms with E-state index in [0.29, 0.717) is 0 Å². The summed E-state index contributed by atoms with van der Waals surface area (Å²) in [7, 11) is 1.63. The van der Waals surface area contributed by atoms with Gasteiger partial charge in [0.15, 0.2) is 0 Å². The molecule has 0 heterocycles. The van der Waals surface area contributed by atoms with Crippen molar-refractivity contribution in [3.8, 4) is 5.75 Å². The number of halogens is 1. The van der Waals surface area contributed by atoms with Crippen molar-refractivity contribution in [2.75, 3.05) is 7.11 Å². The van der Waals surface area contributed by atoms with E-state index in [4.69, 9.17) is 16.3 Å². The fourth-order valence-corrected chi connectivity index (χ4v) is 0.697. The van der Waals surface area contributed by atoms with Gasteiger partial charge >= 0.3 is 0 Å². The van der Waals surface area contributed by atoms with E-state index in [1.165, 1.54) is 0 Å². The maximum atomic E-state index is 10.5. The molecule has 1 rings (SSSR count). The van der Waals surface area contributed by atoms with Gasteiger partial charge in [-0.2, -0.15) is 0 Å². The van der Waals surface area contributed by atoms with Crippen LogP contribution in [-0.4, -0.2) is 12.9 Å². The summed E-state index contributed by atoms with van der Waals surface area (Å²) in [4.78, 5) is 10.5. The molecule has 0 saturated carbocycles. The van der Waals surface area contributed by atoms with Gasteiger partial charge in [0.05, 0.1) is 7.11 Å². The molecule has 0 aliphatic carbocycles. The first kappa shape index (κ1) is 15.0. The van der Waals surface area contributed by atoms with Crippen LogP contribution in [0.1, 0.15) is 27.7 Å². The zero-order valence-corrected chi connectivity index (χ0v) is 11.3. The normalized spacial score (nSPS) is 10.1. The van der Waals surface area contributed by atoms with Crippen LogP contribution >= 0.6 is 11.6 Å². The van der Waals surface area contributed by atoms with Crippen LogP contribution < -0.4 is 4.74 Å². The third-order valence-corrected chi connectivity index (χ3v) is 2.36. The van der Waals surface area contributed by atoms with Crippen LogP contribution in [0.25, 0.3) is 0 Å². The van der Waals surface area contributed by atoms with Gasteiger partial charge in [0, 0.05) is 10.4 Å². The largest absolute Gasteiger partial charge is 0.497 e. The van der Waals surface area contributed by atoms with Crippen LogP contribution in [0.5, 0.6) is 5.75 Å². The molecule has 0 bridgehead atoms. The Morgan fingerprint density at radius 1 is 1.19 bits per heavy atom. The van der Waals surface area contributed by atoms with Crippen molar-refractivity contribution in [1.29, 1.82) is 0 Å². The lowest BCUT2D eigenvalue weighted by Gasteiger charge is -2.11. The first-order chi connectivity index (χ1) is 7.27. The predicted molar refractivity (Wildman–Crippen MR) is 68.1 cm³/mol. The molecule has 0 aromatic heterocycles. The Bertz CT molecular complexity index is 323. The smallest absolute Gasteiger partial charge is 0.135 e. The molecule has 1 aromatic carbocycles. The molecule has 2 nitrogen and oxygen atoms in total. The number of hydrogen-bond donors (Lipinski definition) is 0. The molecule has 0 spiro atoms. The molecule has 3 heteroatoms. The Morgan fingerprint density at radius 2 is 1.56 bits per heavy atom. The van der Waals surface area contributed by atoms with Gasteiger partial charge in [-0.15, -0.1) is 0 Å². The van der Waals surface area contributed by atoms with Crippen molar-refractivity contribution >= 4 is 17.4 Å². The van der Waals surface area contributed by atoms with Crippen molar-refractivity contribution in [1.82, 2.24) is 0 Å². The molecule has 0 saturated heterocycles. The van der Waals surface area contributed by atoms with E-state index < -0.39 is 0 Å². The lowest BCUT2D eigenvalue weighted by atomic mass is 9.92. The molecule has 0 fully saturated rings. The van der Waals surface area contributed by atoms with E-state index in [-0.39, 0.29) is 11.2 Å². The Morgan fingerprint density at radius 3 is 1.81 bits per heavy atom. The third kappa shape index (κ3) is 6.46. The summed E-state index contributed by atoms with van der Waals surface area (Å²) in [5, 5.41) is 0.732. The summed E-state index contributed by atoms with van der Waals surface area (Å²) in [6, 6.07) is 7.23. The Labute approximate surface area is 103 Å². The Kier molecular flexibility index (Phi) is 6.12. The van der Waals surface area contributed by atoms with Gasteiger partial charge in [0.2, 0.25) is 0 Å². The lowest BCUT2D eigenvalue weighted by Crippen LogP contribution is -2.15. The molecule has 16 heavy (non-hydrogen) atoms. The van der Waals surface area contributed by atoms with Crippen molar-refractivity contribution < 1.29 is 9.53 Å². The second kappa shape index (κ2) is 6.54. The van der Waals surface area contributed by atoms with Crippen LogP contribution in [0.15, 0.2) is 24.3 Å². The van der Waals surface area contributed by atoms with Gasteiger partial charge in [-0.1, -0.05) is 32.4 Å². The minimum absolute atomic E-state index is 0.139. The summed E-state index contributed by atoms with van der Waals surface area (Å²) in [6.45, 7) is 7.35. The number of hydrogen-bond acceptors (Lipinski definition) is 2. The monoisotopic (exact) mass is 242 g/mol. The summed E-state index contributed by atoms with van der Waals surface area (Å²) in [5.41, 5.74) is -0.139. The van der Waals surface area contributed by atoms with Crippen molar-refractivity contribution in [3.05, 3.63) is 29.3 Å². The molecule has 0 unspecified atom stereocenters. The first-order valence-corrected chi connectivity index (χ1v) is 5.45. The van der Waals surface area contributed by atoms with Gasteiger partial charge in [-0.05, 0) is 31.2 Å². The number of Topliss-reactive ketones (excluding diaryl/α,β-unsaturated/α-hetero) is 1. The molecule has 0 amide bonds. The quantitative estimate of drug-likeness (QED) is 0.745. The highest BCUT2D eigenvalue weighted by molar-refractivity contribution is 6.30. The summed E-state index contributed by atoms with van der Waals surface area (Å²) in [5.74, 6) is 1.08. The number of rotatable bonds is 1. The second-order valence-corrected chi connectivity index (χ2v) is 4.90. The number of ether oxygens (including phenoxy) is 1. The topological polar surface area (TPSA) is 26.3 Å². The predicted octanol–water partition coefficient (Wildman–Crippen LogP) is 3.97. The maximum absolute atomic E-state index is 10.5. The van der Waals surface area contributed by atoms with Crippen LogP contribution in [0.4, 0.5) is 0 Å². The summed E-state index contributed by atoms with van der Waals surface area (Å²) < 4.78 is 4.91. The highest BCUT2D eigenvalue weighted by Gasteiger charge is 2.14. The van der Waals surface area contributed by atoms with Gasteiger partial charge in [-0.25, -0.2) is 0 Å². The average molecular weight is 243 g/mol. The van der Waals surface area contributed by atoms with Gasteiger partial charge in [0.1, 0.15) is 11.5 Å². The molecular formula is C13H19ClO2. The van der Waals surface area contributed by atoms with Crippen LogP contribution in [-0.2, 0) is 4.79 Å². The van der Waals surface area contributed by atoms with E-state index in [1.807, 2.05) is 32.9 Å². The van der Waals surface area contributed by atoms with Crippen LogP contribution in [0.2, 0.25) is 5.02 Å². The SMILES string of the molecule is CC(=O)C(C)(C)C.COc1ccc(Cl)cc1. The standard InChI is InChI=1S/C7H7ClO.C6H12O/c1-9-7-4-2-6(8)3-5-7;1-5(7)6(2,3)4/h2-5H,1H3;1-4H3. The Balaban J connectivity index is 0.000000293. The number of ketones is 1. The van der Waals surface area contributed by atoms with Crippen LogP contribution in [0, 0.1) is 5.41 Å². The first-order valence-electron chi connectivity index (χ1n) is 5.08. The van der Waals surface area contributed by atoms with E-state index in [2.05, 4.69) is 0 Å². The molecule has 0 N–H and O–H groups in total. The molecule has 1 aromatic rings. The molecule has 90 valence electrons. The fraction of sp³-hybridized carbons (Fsp3) is 0.462. The van der Waals surface area contributed by atoms with Gasteiger partial charge in [0.25, 0.3) is 0 Å². The van der Waals surface area contributed by atoms with Gasteiger partial charge in [-0.3, -0.25) is 4.79 Å². The van der Waals surface area contributed by atoms with Crippen LogP contribution in [0.3, 0.4) is 0 Å². The molecule has 0 atom stereocenters. The fourth-order valence-electron chi connectivity index (χ4n) is 0.571. The van der Waals surface area contributed by atoms with Crippen molar-refractivity contribution in [3.63, 3.8) is 0 Å². The van der Waals surface area contributed by atoms with E-state index in [9.17, 15) is 4.79 Å².